The van der Waals surface area contributed by atoms with Crippen LogP contribution >= 0.6 is 15.6 Å². The number of H-pyrrole nitrogens is 1. The van der Waals surface area contributed by atoms with Crippen molar-refractivity contribution in [3.05, 3.63) is 104 Å². The van der Waals surface area contributed by atoms with E-state index in [2.05, 4.69) is 24.5 Å². The number of amides is 2. The molecule has 0 saturated carbocycles. The van der Waals surface area contributed by atoms with Crippen molar-refractivity contribution in [2.75, 3.05) is 19.8 Å². The van der Waals surface area contributed by atoms with E-state index in [0.717, 1.165) is 17.7 Å². The maximum absolute atomic E-state index is 12.7. The van der Waals surface area contributed by atoms with Crippen molar-refractivity contribution in [2.24, 2.45) is 0 Å². The minimum absolute atomic E-state index is 0.00426. The van der Waals surface area contributed by atoms with E-state index in [4.69, 9.17) is 14.0 Å². The molecule has 2 fully saturated rings. The quantitative estimate of drug-likeness (QED) is 0.0396. The third-order valence-electron chi connectivity index (χ3n) is 9.10. The molecule has 322 valence electrons. The summed E-state index contributed by atoms with van der Waals surface area (Å²) >= 11 is 0. The molecule has 1 aromatic heterocycles. The van der Waals surface area contributed by atoms with Crippen molar-refractivity contribution in [3.63, 3.8) is 0 Å². The standard InChI is InChI=1S/C34H42N4O19P2/c1-17(40)36-24-28(44)26(42)22(15-39)55-33(24)56-59(51,52)57-58(49,50)53-16-23-27(43)29(45)32(54-23)38-14-21(31(47)37-34(38)48)8-5-13-35-30(46)20-11-9-19(10-12-20)25(41)18-6-3-2-4-7-18/h2-4,6-7,9-12,14,22-24,26-29,32-33,39,42-45H,5,8,13,15-16H2,1H3,(H,35,46)(H,36,40)(H,49,50)(H,51,52)(H,37,47,48)/t22-,23-,24-,26-,27-,28-,29-,32-,33-/m1/s1. The molecule has 59 heavy (non-hydrogen) atoms. The molecule has 25 heteroatoms. The Kier molecular flexibility index (Phi) is 15.1. The number of ketones is 1. The Labute approximate surface area is 333 Å². The molecular weight excluding hydrogens is 830 g/mol. The topological polar surface area (TPSA) is 352 Å². The number of phosphoric ester groups is 2. The molecule has 10 N–H and O–H groups in total. The van der Waals surface area contributed by atoms with Crippen molar-refractivity contribution in [2.45, 2.75) is 74.9 Å². The van der Waals surface area contributed by atoms with Gasteiger partial charge in [0.1, 0.15) is 42.7 Å². The average molecular weight is 873 g/mol. The van der Waals surface area contributed by atoms with Gasteiger partial charge in [-0.3, -0.25) is 37.8 Å². The SMILES string of the molecule is CC(=O)N[C@H]1[C@@H](OP(=O)(O)OP(=O)(O)OC[C@H]2O[C@@H](n3cc(CCCNC(=O)c4ccc(C(=O)c5ccccc5)cc4)c(=O)[nH]c3=O)[C@H](O)[C@@H]2O)O[C@H](CO)[C@@H](O)[C@@H]1O. The fourth-order valence-corrected chi connectivity index (χ4v) is 8.30. The van der Waals surface area contributed by atoms with Gasteiger partial charge in [-0.25, -0.2) is 13.9 Å². The van der Waals surface area contributed by atoms with Crippen LogP contribution in [0, 0.1) is 0 Å². The number of aryl methyl sites for hydroxylation is 1. The van der Waals surface area contributed by atoms with E-state index in [1.54, 1.807) is 30.3 Å². The number of rotatable bonds is 17. The lowest BCUT2D eigenvalue weighted by Gasteiger charge is -2.42. The number of aromatic amines is 1. The minimum atomic E-state index is -5.72. The van der Waals surface area contributed by atoms with E-state index in [1.165, 1.54) is 24.3 Å². The van der Waals surface area contributed by atoms with Gasteiger partial charge in [-0.15, -0.1) is 0 Å². The fraction of sp³-hybridized carbons (Fsp3) is 0.441. The summed E-state index contributed by atoms with van der Waals surface area (Å²) in [6.45, 7) is -0.968. The monoisotopic (exact) mass is 872 g/mol. The van der Waals surface area contributed by atoms with Gasteiger partial charge in [0, 0.05) is 41.9 Å². The second-order valence-electron chi connectivity index (χ2n) is 13.4. The molecular formula is C34H42N4O19P2. The molecule has 0 bridgehead atoms. The normalized spacial score (nSPS) is 27.6. The summed E-state index contributed by atoms with van der Waals surface area (Å²) in [5.74, 6) is -1.48. The van der Waals surface area contributed by atoms with Gasteiger partial charge in [0.25, 0.3) is 11.5 Å². The Morgan fingerprint density at radius 2 is 1.47 bits per heavy atom. The van der Waals surface area contributed by atoms with Crippen molar-refractivity contribution < 1.29 is 81.7 Å². The molecule has 0 aliphatic carbocycles. The largest absolute Gasteiger partial charge is 0.483 e. The van der Waals surface area contributed by atoms with Gasteiger partial charge in [0.05, 0.1) is 13.2 Å². The van der Waals surface area contributed by atoms with Crippen molar-refractivity contribution in [1.82, 2.24) is 20.2 Å². The van der Waals surface area contributed by atoms with Crippen LogP contribution < -0.4 is 21.9 Å². The summed E-state index contributed by atoms with van der Waals surface area (Å²) < 4.78 is 50.4. The van der Waals surface area contributed by atoms with Crippen molar-refractivity contribution in [3.8, 4) is 0 Å². The lowest BCUT2D eigenvalue weighted by molar-refractivity contribution is -0.247. The van der Waals surface area contributed by atoms with Crippen LogP contribution in [-0.2, 0) is 43.2 Å². The van der Waals surface area contributed by atoms with Crippen LogP contribution in [0.2, 0.25) is 0 Å². The summed E-state index contributed by atoms with van der Waals surface area (Å²) in [5, 5.41) is 55.9. The smallest absolute Gasteiger partial charge is 0.394 e. The van der Waals surface area contributed by atoms with E-state index in [0.29, 0.717) is 11.1 Å². The van der Waals surface area contributed by atoms with E-state index in [9.17, 15) is 68.4 Å². The second-order valence-corrected chi connectivity index (χ2v) is 16.3. The molecule has 0 spiro atoms. The zero-order valence-electron chi connectivity index (χ0n) is 30.9. The molecule has 2 aromatic carbocycles. The van der Waals surface area contributed by atoms with E-state index < -0.39 is 107 Å². The summed E-state index contributed by atoms with van der Waals surface area (Å²) in [6.07, 6.45) is -13.4. The molecule has 2 saturated heterocycles. The average Bonchev–Trinajstić information content (AvgIpc) is 3.47. The minimum Gasteiger partial charge on any atom is -0.394 e. The van der Waals surface area contributed by atoms with Crippen LogP contribution in [0.1, 0.15) is 51.4 Å². The van der Waals surface area contributed by atoms with E-state index in [1.807, 2.05) is 0 Å². The van der Waals surface area contributed by atoms with Crippen LogP contribution in [0.4, 0.5) is 0 Å². The first kappa shape index (κ1) is 45.8. The van der Waals surface area contributed by atoms with Gasteiger partial charge in [0.15, 0.2) is 18.3 Å². The lowest BCUT2D eigenvalue weighted by Crippen LogP contribution is -2.64. The number of aliphatic hydroxyl groups excluding tert-OH is 5. The molecule has 2 amide bonds. The number of benzene rings is 2. The molecule has 23 nitrogen and oxygen atoms in total. The Bertz CT molecular complexity index is 2190. The van der Waals surface area contributed by atoms with Gasteiger partial charge in [-0.05, 0) is 25.0 Å². The van der Waals surface area contributed by atoms with Gasteiger partial charge in [-0.1, -0.05) is 42.5 Å². The molecule has 3 heterocycles. The van der Waals surface area contributed by atoms with Gasteiger partial charge in [-0.2, -0.15) is 4.31 Å². The zero-order chi connectivity index (χ0) is 43.2. The number of carbonyl (C=O) groups excluding carboxylic acids is 3. The maximum Gasteiger partial charge on any atom is 0.483 e. The third kappa shape index (κ3) is 11.5. The Balaban J connectivity index is 1.15. The van der Waals surface area contributed by atoms with E-state index >= 15 is 0 Å². The number of nitrogens with zero attached hydrogens (tertiary/aromatic N) is 1. The number of ether oxygens (including phenoxy) is 2. The van der Waals surface area contributed by atoms with Crippen molar-refractivity contribution in [1.29, 1.82) is 0 Å². The molecule has 0 radical (unpaired) electrons. The van der Waals surface area contributed by atoms with Gasteiger partial charge >= 0.3 is 21.3 Å². The highest BCUT2D eigenvalue weighted by Crippen LogP contribution is 2.61. The Hall–Kier alpha value is -4.29. The van der Waals surface area contributed by atoms with Crippen LogP contribution in [0.5, 0.6) is 0 Å². The summed E-state index contributed by atoms with van der Waals surface area (Å²) in [7, 11) is -11.3. The molecule has 2 unspecified atom stereocenters. The van der Waals surface area contributed by atoms with Crippen LogP contribution in [-0.4, -0.2) is 131 Å². The van der Waals surface area contributed by atoms with Crippen molar-refractivity contribution >= 4 is 33.2 Å². The first-order valence-corrected chi connectivity index (χ1v) is 20.7. The highest BCUT2D eigenvalue weighted by atomic mass is 31.3. The summed E-state index contributed by atoms with van der Waals surface area (Å²) in [6, 6.07) is 12.9. The predicted octanol–water partition coefficient (Wildman–Crippen LogP) is -2.06. The molecule has 2 aliphatic heterocycles. The Morgan fingerprint density at radius 1 is 0.847 bits per heavy atom. The summed E-state index contributed by atoms with van der Waals surface area (Å²) in [5.41, 5.74) is -0.698. The first-order valence-electron chi connectivity index (χ1n) is 17.7. The molecule has 2 aliphatic rings. The number of nitrogens with one attached hydrogen (secondary N) is 3. The molecule has 11 atom stereocenters. The number of phosphoric acid groups is 2. The molecule has 3 aromatic rings. The van der Waals surface area contributed by atoms with Gasteiger partial charge < -0.3 is 55.4 Å². The highest BCUT2D eigenvalue weighted by Gasteiger charge is 2.50. The van der Waals surface area contributed by atoms with Crippen LogP contribution in [0.15, 0.2) is 70.4 Å². The maximum atomic E-state index is 12.7. The number of carbonyl (C=O) groups is 3. The second kappa shape index (κ2) is 19.4. The Morgan fingerprint density at radius 3 is 2.12 bits per heavy atom. The number of hydrogen-bond donors (Lipinski definition) is 10. The summed E-state index contributed by atoms with van der Waals surface area (Å²) in [4.78, 5) is 84.7. The number of aliphatic hydroxyl groups is 5. The lowest BCUT2D eigenvalue weighted by atomic mass is 9.97. The third-order valence-corrected chi connectivity index (χ3v) is 11.7. The predicted molar refractivity (Wildman–Crippen MR) is 197 cm³/mol. The number of aromatic nitrogens is 2. The number of hydrogen-bond acceptors (Lipinski definition) is 17. The fourth-order valence-electron chi connectivity index (χ4n) is 6.14. The van der Waals surface area contributed by atoms with E-state index in [-0.39, 0.29) is 36.3 Å². The highest BCUT2D eigenvalue weighted by molar-refractivity contribution is 7.61. The van der Waals surface area contributed by atoms with Crippen LogP contribution in [0.25, 0.3) is 0 Å². The zero-order valence-corrected chi connectivity index (χ0v) is 32.7. The first-order chi connectivity index (χ1) is 27.8. The van der Waals surface area contributed by atoms with Gasteiger partial charge in [0.2, 0.25) is 5.91 Å². The van der Waals surface area contributed by atoms with Crippen LogP contribution in [0.3, 0.4) is 0 Å². The molecule has 5 rings (SSSR count).